The highest BCUT2D eigenvalue weighted by atomic mass is 16.5. The van der Waals surface area contributed by atoms with Crippen LogP contribution in [0.4, 0.5) is 0 Å². The lowest BCUT2D eigenvalue weighted by atomic mass is 9.99. The van der Waals surface area contributed by atoms with Gasteiger partial charge in [-0.3, -0.25) is 14.4 Å². The Hall–Kier alpha value is -3.16. The van der Waals surface area contributed by atoms with E-state index < -0.39 is 0 Å². The Morgan fingerprint density at radius 3 is 2.78 bits per heavy atom. The van der Waals surface area contributed by atoms with Gasteiger partial charge in [-0.1, -0.05) is 19.1 Å². The first kappa shape index (κ1) is 22.0. The van der Waals surface area contributed by atoms with Crippen molar-refractivity contribution in [3.63, 3.8) is 0 Å². The summed E-state index contributed by atoms with van der Waals surface area (Å²) < 4.78 is 5.67. The lowest BCUT2D eigenvalue weighted by molar-refractivity contribution is -0.131. The molecule has 2 aliphatic heterocycles. The molecule has 2 amide bonds. The van der Waals surface area contributed by atoms with Crippen LogP contribution in [0.15, 0.2) is 29.1 Å². The number of hydrogen-bond acceptors (Lipinski definition) is 5. The van der Waals surface area contributed by atoms with Gasteiger partial charge in [0.25, 0.3) is 11.5 Å². The Balaban J connectivity index is 1.67. The van der Waals surface area contributed by atoms with Crippen LogP contribution in [0.5, 0.6) is 5.75 Å². The van der Waals surface area contributed by atoms with Crippen LogP contribution < -0.4 is 10.3 Å². The molecule has 1 unspecified atom stereocenters. The number of rotatable bonds is 5. The van der Waals surface area contributed by atoms with Crippen molar-refractivity contribution in [2.45, 2.75) is 58.5 Å². The quantitative estimate of drug-likeness (QED) is 0.775. The molecule has 0 aliphatic carbocycles. The number of carbonyl (C=O) groups is 2. The van der Waals surface area contributed by atoms with Crippen molar-refractivity contribution < 1.29 is 14.3 Å². The highest BCUT2D eigenvalue weighted by Crippen LogP contribution is 2.32. The molecule has 170 valence electrons. The van der Waals surface area contributed by atoms with Gasteiger partial charge in [0.1, 0.15) is 11.6 Å². The third-order valence-electron chi connectivity index (χ3n) is 6.24. The largest absolute Gasteiger partial charge is 0.493 e. The number of aromatic nitrogens is 2. The number of fused-ring (bicyclic) bond motifs is 1. The van der Waals surface area contributed by atoms with E-state index in [0.29, 0.717) is 67.5 Å². The van der Waals surface area contributed by atoms with Crippen LogP contribution in [0, 0.1) is 0 Å². The van der Waals surface area contributed by atoms with Gasteiger partial charge in [-0.25, -0.2) is 4.98 Å². The summed E-state index contributed by atoms with van der Waals surface area (Å²) in [4.78, 5) is 49.8. The summed E-state index contributed by atoms with van der Waals surface area (Å²) in [5, 5.41) is 0. The molecule has 1 saturated heterocycles. The predicted octanol–water partition coefficient (Wildman–Crippen LogP) is 2.83. The molecular weight excluding hydrogens is 408 g/mol. The number of piperidine rings is 1. The van der Waals surface area contributed by atoms with Gasteiger partial charge in [-0.05, 0) is 44.7 Å². The summed E-state index contributed by atoms with van der Waals surface area (Å²) in [5.74, 6) is 0.995. The summed E-state index contributed by atoms with van der Waals surface area (Å²) in [7, 11) is 0. The topological polar surface area (TPSA) is 95.6 Å². The predicted molar refractivity (Wildman–Crippen MR) is 120 cm³/mol. The van der Waals surface area contributed by atoms with Crippen molar-refractivity contribution in [3.8, 4) is 5.75 Å². The number of carbonyl (C=O) groups excluding carboxylic acids is 2. The second kappa shape index (κ2) is 9.54. The van der Waals surface area contributed by atoms with Gasteiger partial charge in [0, 0.05) is 25.1 Å². The number of ether oxygens (including phenoxy) is 1. The second-order valence-corrected chi connectivity index (χ2v) is 8.23. The summed E-state index contributed by atoms with van der Waals surface area (Å²) in [6.45, 7) is 5.66. The molecule has 0 radical (unpaired) electrons. The molecule has 1 N–H and O–H groups in total. The van der Waals surface area contributed by atoms with Gasteiger partial charge < -0.3 is 19.5 Å². The van der Waals surface area contributed by atoms with Crippen molar-refractivity contribution >= 4 is 11.8 Å². The number of nitrogens with one attached hydrogen (secondary N) is 1. The van der Waals surface area contributed by atoms with Crippen molar-refractivity contribution in [3.05, 3.63) is 57.3 Å². The van der Waals surface area contributed by atoms with Crippen LogP contribution in [-0.4, -0.2) is 51.3 Å². The van der Waals surface area contributed by atoms with E-state index in [-0.39, 0.29) is 23.4 Å². The summed E-state index contributed by atoms with van der Waals surface area (Å²) >= 11 is 0. The van der Waals surface area contributed by atoms with Crippen LogP contribution in [0.1, 0.15) is 73.0 Å². The SMILES string of the molecule is CCOc1ccccc1C(=O)N1CCCCC1c1nc2c(c(=O)[nH]1)CCN(C(=O)CC)C2. The number of likely N-dealkylation sites (tertiary alicyclic amines) is 1. The van der Waals surface area contributed by atoms with E-state index in [4.69, 9.17) is 9.72 Å². The minimum Gasteiger partial charge on any atom is -0.493 e. The number of amides is 2. The third kappa shape index (κ3) is 4.26. The first-order chi connectivity index (χ1) is 15.5. The smallest absolute Gasteiger partial charge is 0.258 e. The fraction of sp³-hybridized carbons (Fsp3) is 0.500. The molecule has 2 aromatic rings. The molecule has 0 spiro atoms. The minimum atomic E-state index is -0.318. The van der Waals surface area contributed by atoms with Gasteiger partial charge in [0.2, 0.25) is 5.91 Å². The maximum atomic E-state index is 13.5. The Morgan fingerprint density at radius 1 is 1.19 bits per heavy atom. The molecule has 1 fully saturated rings. The van der Waals surface area contributed by atoms with Crippen LogP contribution >= 0.6 is 0 Å². The van der Waals surface area contributed by atoms with E-state index in [1.807, 2.05) is 26.0 Å². The molecule has 1 atom stereocenters. The molecule has 0 bridgehead atoms. The standard InChI is InChI=1S/C24H30N4O4/c1-3-21(29)27-14-12-16-18(15-27)25-22(26-23(16)30)19-10-7-8-13-28(19)24(31)17-9-5-6-11-20(17)32-4-2/h5-6,9,11,19H,3-4,7-8,10,12-15H2,1-2H3,(H,25,26,30). The number of benzene rings is 1. The van der Waals surface area contributed by atoms with Crippen LogP contribution in [0.3, 0.4) is 0 Å². The summed E-state index contributed by atoms with van der Waals surface area (Å²) in [6.07, 6.45) is 3.49. The van der Waals surface area contributed by atoms with Crippen LogP contribution in [-0.2, 0) is 17.8 Å². The van der Waals surface area contributed by atoms with Gasteiger partial charge in [-0.15, -0.1) is 0 Å². The molecule has 3 heterocycles. The van der Waals surface area contributed by atoms with Gasteiger partial charge in [0.05, 0.1) is 30.5 Å². The minimum absolute atomic E-state index is 0.0567. The van der Waals surface area contributed by atoms with Gasteiger partial charge in [0.15, 0.2) is 0 Å². The average molecular weight is 439 g/mol. The Labute approximate surface area is 187 Å². The molecule has 8 heteroatoms. The lowest BCUT2D eigenvalue weighted by Gasteiger charge is -2.36. The molecular formula is C24H30N4O4. The van der Waals surface area contributed by atoms with E-state index in [2.05, 4.69) is 4.98 Å². The highest BCUT2D eigenvalue weighted by molar-refractivity contribution is 5.97. The van der Waals surface area contributed by atoms with Crippen molar-refractivity contribution in [2.75, 3.05) is 19.7 Å². The lowest BCUT2D eigenvalue weighted by Crippen LogP contribution is -2.42. The Kier molecular flexibility index (Phi) is 6.58. The fourth-order valence-corrected chi connectivity index (χ4v) is 4.59. The maximum Gasteiger partial charge on any atom is 0.258 e. The molecule has 8 nitrogen and oxygen atoms in total. The average Bonchev–Trinajstić information content (AvgIpc) is 2.83. The molecule has 0 saturated carbocycles. The van der Waals surface area contributed by atoms with E-state index in [0.717, 1.165) is 19.3 Å². The van der Waals surface area contributed by atoms with E-state index in [1.54, 1.807) is 21.9 Å². The van der Waals surface area contributed by atoms with E-state index in [9.17, 15) is 14.4 Å². The fourth-order valence-electron chi connectivity index (χ4n) is 4.59. The molecule has 1 aromatic heterocycles. The first-order valence-electron chi connectivity index (χ1n) is 11.5. The molecule has 1 aromatic carbocycles. The highest BCUT2D eigenvalue weighted by Gasteiger charge is 2.33. The van der Waals surface area contributed by atoms with Gasteiger partial charge in [-0.2, -0.15) is 0 Å². The van der Waals surface area contributed by atoms with Crippen LogP contribution in [0.2, 0.25) is 0 Å². The van der Waals surface area contributed by atoms with E-state index in [1.165, 1.54) is 0 Å². The number of para-hydroxylation sites is 1. The second-order valence-electron chi connectivity index (χ2n) is 8.23. The number of aromatic amines is 1. The Morgan fingerprint density at radius 2 is 2.00 bits per heavy atom. The Bertz CT molecular complexity index is 1060. The molecule has 4 rings (SSSR count). The number of hydrogen-bond donors (Lipinski definition) is 1. The van der Waals surface area contributed by atoms with Gasteiger partial charge >= 0.3 is 0 Å². The number of H-pyrrole nitrogens is 1. The first-order valence-corrected chi connectivity index (χ1v) is 11.5. The zero-order valence-corrected chi connectivity index (χ0v) is 18.7. The summed E-state index contributed by atoms with van der Waals surface area (Å²) in [6, 6.07) is 6.93. The van der Waals surface area contributed by atoms with Crippen molar-refractivity contribution in [2.24, 2.45) is 0 Å². The molecule has 32 heavy (non-hydrogen) atoms. The zero-order chi connectivity index (χ0) is 22.7. The summed E-state index contributed by atoms with van der Waals surface area (Å²) in [5.41, 5.74) is 1.64. The monoisotopic (exact) mass is 438 g/mol. The molecule has 2 aliphatic rings. The number of nitrogens with zero attached hydrogens (tertiary/aromatic N) is 3. The zero-order valence-electron chi connectivity index (χ0n) is 18.7. The maximum absolute atomic E-state index is 13.5. The normalized spacial score (nSPS) is 18.2. The third-order valence-corrected chi connectivity index (χ3v) is 6.24. The van der Waals surface area contributed by atoms with Crippen molar-refractivity contribution in [1.29, 1.82) is 0 Å². The van der Waals surface area contributed by atoms with Crippen LogP contribution in [0.25, 0.3) is 0 Å². The van der Waals surface area contributed by atoms with Crippen molar-refractivity contribution in [1.82, 2.24) is 19.8 Å². The van der Waals surface area contributed by atoms with E-state index >= 15 is 0 Å².